The van der Waals surface area contributed by atoms with Gasteiger partial charge in [0.25, 0.3) is 11.8 Å². The number of alkyl halides is 2. The van der Waals surface area contributed by atoms with Gasteiger partial charge >= 0.3 is 6.61 Å². The van der Waals surface area contributed by atoms with Crippen LogP contribution in [0, 0.1) is 13.8 Å². The second kappa shape index (κ2) is 8.80. The fourth-order valence-corrected chi connectivity index (χ4v) is 2.00. The molecule has 0 unspecified atom stereocenters. The third-order valence-corrected chi connectivity index (χ3v) is 3.49. The minimum Gasteiger partial charge on any atom is -0.484 e. The molecular weight excluding hydrogens is 346 g/mol. The molecule has 0 saturated heterocycles. The van der Waals surface area contributed by atoms with E-state index < -0.39 is 18.4 Å². The van der Waals surface area contributed by atoms with Gasteiger partial charge in [-0.15, -0.1) is 0 Å². The number of rotatable bonds is 6. The van der Waals surface area contributed by atoms with Crippen molar-refractivity contribution in [1.82, 2.24) is 10.9 Å². The van der Waals surface area contributed by atoms with Crippen molar-refractivity contribution in [2.24, 2.45) is 0 Å². The van der Waals surface area contributed by atoms with E-state index in [1.54, 1.807) is 12.1 Å². The summed E-state index contributed by atoms with van der Waals surface area (Å²) in [5.74, 6) is -0.871. The second-order valence-electron chi connectivity index (χ2n) is 5.44. The number of nitrogens with one attached hydrogen (secondary N) is 2. The molecular formula is C18H18F2N2O4. The third kappa shape index (κ3) is 5.73. The summed E-state index contributed by atoms with van der Waals surface area (Å²) in [7, 11) is 0. The van der Waals surface area contributed by atoms with Crippen molar-refractivity contribution in [2.45, 2.75) is 20.5 Å². The molecule has 0 aliphatic rings. The first-order valence-corrected chi connectivity index (χ1v) is 7.69. The monoisotopic (exact) mass is 364 g/mol. The van der Waals surface area contributed by atoms with Crippen LogP contribution in [0.25, 0.3) is 0 Å². The molecule has 0 radical (unpaired) electrons. The Morgan fingerprint density at radius 2 is 1.77 bits per heavy atom. The number of carbonyl (C=O) groups excluding carboxylic acids is 2. The standard InChI is InChI=1S/C18H18F2N2O4/c1-11-6-7-14(8-12(11)2)25-10-16(23)21-22-17(24)13-4-3-5-15(9-13)26-18(19)20/h3-9,18H,10H2,1-2H3,(H,21,23)(H,22,24). The molecule has 0 fully saturated rings. The lowest BCUT2D eigenvalue weighted by Crippen LogP contribution is -2.43. The van der Waals surface area contributed by atoms with Crippen LogP contribution < -0.4 is 20.3 Å². The number of hydrogen-bond donors (Lipinski definition) is 2. The molecule has 2 aromatic rings. The Labute approximate surface area is 149 Å². The summed E-state index contributed by atoms with van der Waals surface area (Å²) >= 11 is 0. The first kappa shape index (κ1) is 19.2. The Morgan fingerprint density at radius 1 is 1.00 bits per heavy atom. The SMILES string of the molecule is Cc1ccc(OCC(=O)NNC(=O)c2cccc(OC(F)F)c2)cc1C. The maximum atomic E-state index is 12.2. The average Bonchev–Trinajstić information content (AvgIpc) is 2.60. The minimum absolute atomic E-state index is 0.0542. The zero-order valence-electron chi connectivity index (χ0n) is 14.2. The fraction of sp³-hybridized carbons (Fsp3) is 0.222. The van der Waals surface area contributed by atoms with Gasteiger partial charge in [0.1, 0.15) is 11.5 Å². The Morgan fingerprint density at radius 3 is 2.46 bits per heavy atom. The van der Waals surface area contributed by atoms with Crippen LogP contribution in [0.3, 0.4) is 0 Å². The zero-order valence-corrected chi connectivity index (χ0v) is 14.2. The number of hydrazine groups is 1. The van der Waals surface area contributed by atoms with Gasteiger partial charge in [0.05, 0.1) is 0 Å². The van der Waals surface area contributed by atoms with Crippen molar-refractivity contribution in [3.63, 3.8) is 0 Å². The highest BCUT2D eigenvalue weighted by Gasteiger charge is 2.11. The van der Waals surface area contributed by atoms with Gasteiger partial charge in [0, 0.05) is 5.56 Å². The highest BCUT2D eigenvalue weighted by Crippen LogP contribution is 2.17. The summed E-state index contributed by atoms with van der Waals surface area (Å²) in [6, 6.07) is 10.6. The number of hydrogen-bond acceptors (Lipinski definition) is 4. The molecule has 0 aromatic heterocycles. The van der Waals surface area contributed by atoms with Gasteiger partial charge < -0.3 is 9.47 Å². The maximum Gasteiger partial charge on any atom is 0.387 e. The number of halogens is 2. The summed E-state index contributed by atoms with van der Waals surface area (Å²) in [5, 5.41) is 0. The van der Waals surface area contributed by atoms with Crippen LogP contribution in [0.1, 0.15) is 21.5 Å². The molecule has 26 heavy (non-hydrogen) atoms. The van der Waals surface area contributed by atoms with Crippen LogP contribution >= 0.6 is 0 Å². The predicted molar refractivity (Wildman–Crippen MR) is 90.1 cm³/mol. The average molecular weight is 364 g/mol. The first-order valence-electron chi connectivity index (χ1n) is 7.69. The molecule has 0 heterocycles. The van der Waals surface area contributed by atoms with E-state index in [-0.39, 0.29) is 17.9 Å². The Hall–Kier alpha value is -3.16. The number of carbonyl (C=O) groups is 2. The molecule has 0 saturated carbocycles. The quantitative estimate of drug-likeness (QED) is 0.773. The fourth-order valence-electron chi connectivity index (χ4n) is 2.00. The lowest BCUT2D eigenvalue weighted by atomic mass is 10.1. The molecule has 0 aliphatic carbocycles. The highest BCUT2D eigenvalue weighted by molar-refractivity contribution is 5.95. The van der Waals surface area contributed by atoms with Crippen LogP contribution in [0.4, 0.5) is 8.78 Å². The van der Waals surface area contributed by atoms with Crippen molar-refractivity contribution in [1.29, 1.82) is 0 Å². The zero-order chi connectivity index (χ0) is 19.1. The first-order chi connectivity index (χ1) is 12.3. The molecule has 8 heteroatoms. The van der Waals surface area contributed by atoms with Crippen molar-refractivity contribution in [3.05, 3.63) is 59.2 Å². The Kier molecular flexibility index (Phi) is 6.48. The van der Waals surface area contributed by atoms with E-state index >= 15 is 0 Å². The van der Waals surface area contributed by atoms with Gasteiger partial charge in [0.2, 0.25) is 0 Å². The molecule has 2 amide bonds. The van der Waals surface area contributed by atoms with Crippen LogP contribution in [0.15, 0.2) is 42.5 Å². The number of aryl methyl sites for hydroxylation is 2. The van der Waals surface area contributed by atoms with Crippen molar-refractivity contribution < 1.29 is 27.8 Å². The van der Waals surface area contributed by atoms with E-state index in [0.717, 1.165) is 17.2 Å². The molecule has 2 N–H and O–H groups in total. The maximum absolute atomic E-state index is 12.2. The van der Waals surface area contributed by atoms with Gasteiger partial charge in [0.15, 0.2) is 6.61 Å². The number of ether oxygens (including phenoxy) is 2. The molecule has 6 nitrogen and oxygen atoms in total. The largest absolute Gasteiger partial charge is 0.484 e. The summed E-state index contributed by atoms with van der Waals surface area (Å²) in [5.41, 5.74) is 6.55. The predicted octanol–water partition coefficient (Wildman–Crippen LogP) is 2.74. The number of benzene rings is 2. The molecule has 0 atom stereocenters. The molecule has 0 spiro atoms. The Bertz CT molecular complexity index is 797. The van der Waals surface area contributed by atoms with E-state index in [4.69, 9.17) is 4.74 Å². The van der Waals surface area contributed by atoms with Gasteiger partial charge in [-0.05, 0) is 55.3 Å². The molecule has 2 aromatic carbocycles. The minimum atomic E-state index is -2.99. The van der Waals surface area contributed by atoms with E-state index in [0.29, 0.717) is 5.75 Å². The molecule has 2 rings (SSSR count). The van der Waals surface area contributed by atoms with Crippen LogP contribution in [0.5, 0.6) is 11.5 Å². The molecule has 138 valence electrons. The van der Waals surface area contributed by atoms with Gasteiger partial charge in [-0.2, -0.15) is 8.78 Å². The smallest absolute Gasteiger partial charge is 0.387 e. The van der Waals surface area contributed by atoms with Crippen molar-refractivity contribution >= 4 is 11.8 Å². The van der Waals surface area contributed by atoms with Crippen LogP contribution in [0.2, 0.25) is 0 Å². The van der Waals surface area contributed by atoms with Crippen molar-refractivity contribution in [2.75, 3.05) is 6.61 Å². The van der Waals surface area contributed by atoms with Crippen LogP contribution in [-0.4, -0.2) is 25.0 Å². The summed E-state index contributed by atoms with van der Waals surface area (Å²) in [6.45, 7) is 0.601. The van der Waals surface area contributed by atoms with Gasteiger partial charge in [-0.3, -0.25) is 20.4 Å². The summed E-state index contributed by atoms with van der Waals surface area (Å²) in [6.07, 6.45) is 0. The number of amides is 2. The van der Waals surface area contributed by atoms with E-state index in [9.17, 15) is 18.4 Å². The summed E-state index contributed by atoms with van der Waals surface area (Å²) in [4.78, 5) is 23.7. The highest BCUT2D eigenvalue weighted by atomic mass is 19.3. The van der Waals surface area contributed by atoms with E-state index in [1.165, 1.54) is 18.2 Å². The molecule has 0 aliphatic heterocycles. The lowest BCUT2D eigenvalue weighted by Gasteiger charge is -2.10. The molecule has 0 bridgehead atoms. The third-order valence-electron chi connectivity index (χ3n) is 3.49. The topological polar surface area (TPSA) is 76.7 Å². The van der Waals surface area contributed by atoms with E-state index in [2.05, 4.69) is 15.6 Å². The van der Waals surface area contributed by atoms with Gasteiger partial charge in [-0.1, -0.05) is 12.1 Å². The normalized spacial score (nSPS) is 10.3. The second-order valence-corrected chi connectivity index (χ2v) is 5.44. The van der Waals surface area contributed by atoms with Gasteiger partial charge in [-0.25, -0.2) is 0 Å². The Balaban J connectivity index is 1.83. The van der Waals surface area contributed by atoms with Crippen molar-refractivity contribution in [3.8, 4) is 11.5 Å². The van der Waals surface area contributed by atoms with E-state index in [1.807, 2.05) is 19.9 Å². The summed E-state index contributed by atoms with van der Waals surface area (Å²) < 4.78 is 33.9. The lowest BCUT2D eigenvalue weighted by molar-refractivity contribution is -0.123. The van der Waals surface area contributed by atoms with Crippen LogP contribution in [-0.2, 0) is 4.79 Å².